The van der Waals surface area contributed by atoms with Crippen LogP contribution in [0.4, 0.5) is 0 Å². The molecule has 0 unspecified atom stereocenters. The van der Waals surface area contributed by atoms with Gasteiger partial charge in [-0.3, -0.25) is 4.98 Å². The maximum Gasteiger partial charge on any atom is 0.119 e. The molecule has 1 aliphatic carbocycles. The van der Waals surface area contributed by atoms with E-state index in [1.807, 2.05) is 18.2 Å². The van der Waals surface area contributed by atoms with E-state index in [4.69, 9.17) is 0 Å². The molecule has 3 nitrogen and oxygen atoms in total. The lowest BCUT2D eigenvalue weighted by Gasteiger charge is -2.06. The van der Waals surface area contributed by atoms with E-state index >= 15 is 0 Å². The number of nitrogens with zero attached hydrogens (tertiary/aromatic N) is 3. The molecule has 2 heterocycles. The van der Waals surface area contributed by atoms with Gasteiger partial charge in [0.05, 0.1) is 5.56 Å². The highest BCUT2D eigenvalue weighted by atomic mass is 32.2. The van der Waals surface area contributed by atoms with Crippen molar-refractivity contribution in [2.75, 3.05) is 0 Å². The first-order valence-electron chi connectivity index (χ1n) is 5.87. The molecule has 0 amide bonds. The van der Waals surface area contributed by atoms with E-state index in [2.05, 4.69) is 16.0 Å². The summed E-state index contributed by atoms with van der Waals surface area (Å²) in [6.45, 7) is 0. The van der Waals surface area contributed by atoms with Crippen LogP contribution in [0.1, 0.15) is 23.2 Å². The van der Waals surface area contributed by atoms with Gasteiger partial charge in [0.25, 0.3) is 0 Å². The van der Waals surface area contributed by atoms with Gasteiger partial charge in [-0.05, 0) is 43.0 Å². The molecule has 2 aromatic rings. The average Bonchev–Trinajstić information content (AvgIpc) is 2.86. The molecule has 18 heavy (non-hydrogen) atoms. The van der Waals surface area contributed by atoms with Crippen molar-refractivity contribution >= 4 is 11.8 Å². The first kappa shape index (κ1) is 11.2. The van der Waals surface area contributed by atoms with Crippen molar-refractivity contribution in [3.8, 4) is 6.07 Å². The summed E-state index contributed by atoms with van der Waals surface area (Å²) in [6, 6.07) is 8.11. The molecule has 1 aliphatic rings. The van der Waals surface area contributed by atoms with Crippen LogP contribution in [0.15, 0.2) is 40.5 Å². The van der Waals surface area contributed by atoms with Gasteiger partial charge in [-0.1, -0.05) is 11.8 Å². The zero-order valence-corrected chi connectivity index (χ0v) is 10.6. The quantitative estimate of drug-likeness (QED) is 0.825. The predicted octanol–water partition coefficient (Wildman–Crippen LogP) is 2.99. The Hall–Kier alpha value is -1.86. The maximum atomic E-state index is 9.21. The Kier molecular flexibility index (Phi) is 2.99. The molecule has 0 aromatic carbocycles. The second kappa shape index (κ2) is 4.79. The number of fused-ring (bicyclic) bond motifs is 1. The third kappa shape index (κ3) is 2.09. The SMILES string of the molecule is N#Cc1cc2c(nc1Sc1ccncc1)CCC2. The van der Waals surface area contributed by atoms with Gasteiger partial charge in [0.2, 0.25) is 0 Å². The lowest BCUT2D eigenvalue weighted by molar-refractivity contribution is 0.891. The van der Waals surface area contributed by atoms with Crippen molar-refractivity contribution < 1.29 is 0 Å². The molecule has 0 fully saturated rings. The summed E-state index contributed by atoms with van der Waals surface area (Å²) in [5.41, 5.74) is 3.08. The van der Waals surface area contributed by atoms with Crippen LogP contribution in [0.25, 0.3) is 0 Å². The second-order valence-corrected chi connectivity index (χ2v) is 5.26. The number of hydrogen-bond donors (Lipinski definition) is 0. The van der Waals surface area contributed by atoms with Gasteiger partial charge in [0.15, 0.2) is 0 Å². The minimum atomic E-state index is 0.678. The molecule has 2 aromatic heterocycles. The Labute approximate surface area is 110 Å². The maximum absolute atomic E-state index is 9.21. The van der Waals surface area contributed by atoms with Crippen LogP contribution in [0.2, 0.25) is 0 Å². The molecule has 0 spiro atoms. The fourth-order valence-electron chi connectivity index (χ4n) is 2.13. The Balaban J connectivity index is 1.99. The Bertz CT molecular complexity index is 617. The summed E-state index contributed by atoms with van der Waals surface area (Å²) in [4.78, 5) is 9.69. The topological polar surface area (TPSA) is 49.6 Å². The van der Waals surface area contributed by atoms with Crippen molar-refractivity contribution in [3.63, 3.8) is 0 Å². The van der Waals surface area contributed by atoms with Gasteiger partial charge < -0.3 is 0 Å². The van der Waals surface area contributed by atoms with Crippen LogP contribution in [0, 0.1) is 11.3 Å². The monoisotopic (exact) mass is 253 g/mol. The minimum absolute atomic E-state index is 0.678. The molecule has 0 saturated heterocycles. The standard InChI is InChI=1S/C14H11N3S/c15-9-11-8-10-2-1-3-13(10)17-14(11)18-12-4-6-16-7-5-12/h4-8H,1-3H2. The van der Waals surface area contributed by atoms with Crippen LogP contribution < -0.4 is 0 Å². The minimum Gasteiger partial charge on any atom is -0.265 e. The lowest BCUT2D eigenvalue weighted by atomic mass is 10.2. The van der Waals surface area contributed by atoms with Crippen molar-refractivity contribution in [2.45, 2.75) is 29.2 Å². The molecule has 88 valence electrons. The summed E-state index contributed by atoms with van der Waals surface area (Å²) < 4.78 is 0. The van der Waals surface area contributed by atoms with E-state index in [9.17, 15) is 5.26 Å². The molecule has 3 rings (SSSR count). The van der Waals surface area contributed by atoms with Crippen LogP contribution in [0.3, 0.4) is 0 Å². The predicted molar refractivity (Wildman–Crippen MR) is 69.3 cm³/mol. The van der Waals surface area contributed by atoms with Gasteiger partial charge in [0, 0.05) is 23.0 Å². The van der Waals surface area contributed by atoms with Crippen molar-refractivity contribution in [1.82, 2.24) is 9.97 Å². The Morgan fingerprint density at radius 3 is 2.83 bits per heavy atom. The molecule has 0 bridgehead atoms. The van der Waals surface area contributed by atoms with Gasteiger partial charge in [0.1, 0.15) is 11.1 Å². The summed E-state index contributed by atoms with van der Waals surface area (Å²) >= 11 is 1.53. The van der Waals surface area contributed by atoms with Crippen molar-refractivity contribution in [3.05, 3.63) is 47.4 Å². The highest BCUT2D eigenvalue weighted by molar-refractivity contribution is 7.99. The summed E-state index contributed by atoms with van der Waals surface area (Å²) in [6.07, 6.45) is 6.74. The van der Waals surface area contributed by atoms with Crippen LogP contribution in [0.5, 0.6) is 0 Å². The second-order valence-electron chi connectivity index (χ2n) is 4.20. The van der Waals surface area contributed by atoms with E-state index in [1.165, 1.54) is 17.3 Å². The number of aryl methyl sites for hydroxylation is 2. The summed E-state index contributed by atoms with van der Waals surface area (Å²) in [5.74, 6) is 0. The van der Waals surface area contributed by atoms with Gasteiger partial charge >= 0.3 is 0 Å². The van der Waals surface area contributed by atoms with Gasteiger partial charge in [-0.2, -0.15) is 5.26 Å². The van der Waals surface area contributed by atoms with Crippen molar-refractivity contribution in [2.24, 2.45) is 0 Å². The molecule has 4 heteroatoms. The molecular weight excluding hydrogens is 242 g/mol. The molecule has 0 N–H and O–H groups in total. The highest BCUT2D eigenvalue weighted by Gasteiger charge is 2.16. The highest BCUT2D eigenvalue weighted by Crippen LogP contribution is 2.31. The third-order valence-electron chi connectivity index (χ3n) is 3.00. The van der Waals surface area contributed by atoms with Crippen LogP contribution in [-0.4, -0.2) is 9.97 Å². The zero-order valence-electron chi connectivity index (χ0n) is 9.76. The van der Waals surface area contributed by atoms with Gasteiger partial charge in [-0.15, -0.1) is 0 Å². The van der Waals surface area contributed by atoms with Crippen LogP contribution in [-0.2, 0) is 12.8 Å². The average molecular weight is 253 g/mol. The molecule has 0 saturated carbocycles. The first-order valence-corrected chi connectivity index (χ1v) is 6.69. The first-order chi connectivity index (χ1) is 8.86. The number of aromatic nitrogens is 2. The van der Waals surface area contributed by atoms with E-state index in [-0.39, 0.29) is 0 Å². The van der Waals surface area contributed by atoms with Gasteiger partial charge in [-0.25, -0.2) is 4.98 Å². The Morgan fingerprint density at radius 2 is 2.06 bits per heavy atom. The molecule has 0 aliphatic heterocycles. The molecule has 0 atom stereocenters. The lowest BCUT2D eigenvalue weighted by Crippen LogP contribution is -1.94. The fourth-order valence-corrected chi connectivity index (χ4v) is 2.98. The number of nitriles is 1. The van der Waals surface area contributed by atoms with E-state index in [1.54, 1.807) is 12.4 Å². The van der Waals surface area contributed by atoms with E-state index in [0.717, 1.165) is 34.9 Å². The number of rotatable bonds is 2. The van der Waals surface area contributed by atoms with E-state index < -0.39 is 0 Å². The molecule has 0 radical (unpaired) electrons. The summed E-state index contributed by atoms with van der Waals surface area (Å²) in [5, 5.41) is 10.0. The smallest absolute Gasteiger partial charge is 0.119 e. The van der Waals surface area contributed by atoms with E-state index in [0.29, 0.717) is 5.56 Å². The molecular formula is C14H11N3S. The zero-order chi connectivity index (χ0) is 12.4. The Morgan fingerprint density at radius 1 is 1.22 bits per heavy atom. The normalized spacial score (nSPS) is 13.1. The van der Waals surface area contributed by atoms with Crippen molar-refractivity contribution in [1.29, 1.82) is 5.26 Å². The number of pyridine rings is 2. The largest absolute Gasteiger partial charge is 0.265 e. The number of hydrogen-bond acceptors (Lipinski definition) is 4. The van der Waals surface area contributed by atoms with Crippen LogP contribution >= 0.6 is 11.8 Å². The summed E-state index contributed by atoms with van der Waals surface area (Å²) in [7, 11) is 0. The third-order valence-corrected chi connectivity index (χ3v) is 4.01. The fraction of sp³-hybridized carbons (Fsp3) is 0.214.